The summed E-state index contributed by atoms with van der Waals surface area (Å²) in [7, 11) is 1.40. The summed E-state index contributed by atoms with van der Waals surface area (Å²) >= 11 is 0. The summed E-state index contributed by atoms with van der Waals surface area (Å²) in [6.45, 7) is 2.34. The van der Waals surface area contributed by atoms with Gasteiger partial charge in [0.1, 0.15) is 12.2 Å². The molecule has 0 spiro atoms. The molecule has 1 amide bonds. The van der Waals surface area contributed by atoms with Gasteiger partial charge in [-0.05, 0) is 75.6 Å². The summed E-state index contributed by atoms with van der Waals surface area (Å²) in [5.41, 5.74) is 1.16. The first-order valence-electron chi connectivity index (χ1n) is 13.3. The number of amides is 1. The average Bonchev–Trinajstić information content (AvgIpc) is 3.61. The standard InChI is InChI=1S/C29H33FN6O4/c1-27(2,39)24(30)16-33-26(38)20-15-32-22(23-5-4-19-10-18(13-31)14-34-36(19)23)11-21(20)35-29-8-6-28(17-29,7-9-29)12-25(37)40-3/h4-5,10-11,14-15,24,39H,6-9,12,16-17H2,1-3H3,(H,32,35)(H,33,38)/t24-,28?,29?/m1/s1. The van der Waals surface area contributed by atoms with Crippen LogP contribution in [0.15, 0.2) is 36.7 Å². The molecule has 0 aromatic carbocycles. The number of halogens is 1. The fraction of sp³-hybridized carbons (Fsp3) is 0.483. The van der Waals surface area contributed by atoms with Crippen molar-refractivity contribution in [1.29, 1.82) is 5.26 Å². The van der Waals surface area contributed by atoms with E-state index in [2.05, 4.69) is 26.8 Å². The molecule has 0 unspecified atom stereocenters. The van der Waals surface area contributed by atoms with E-state index in [-0.39, 0.29) is 29.0 Å². The van der Waals surface area contributed by atoms with E-state index in [9.17, 15) is 24.3 Å². The maximum Gasteiger partial charge on any atom is 0.306 e. The van der Waals surface area contributed by atoms with Crippen molar-refractivity contribution in [2.45, 2.75) is 69.7 Å². The van der Waals surface area contributed by atoms with Crippen LogP contribution >= 0.6 is 0 Å². The minimum atomic E-state index is -1.65. The molecule has 0 radical (unpaired) electrons. The van der Waals surface area contributed by atoms with E-state index in [4.69, 9.17) is 4.74 Å². The van der Waals surface area contributed by atoms with Gasteiger partial charge in [0.05, 0.1) is 65.6 Å². The van der Waals surface area contributed by atoms with Gasteiger partial charge in [-0.2, -0.15) is 10.4 Å². The Bertz CT molecular complexity index is 1500. The highest BCUT2D eigenvalue weighted by Crippen LogP contribution is 2.59. The predicted molar refractivity (Wildman–Crippen MR) is 145 cm³/mol. The van der Waals surface area contributed by atoms with Crippen LogP contribution in [0.4, 0.5) is 10.1 Å². The maximum atomic E-state index is 14.4. The Hall–Kier alpha value is -4.04. The number of fused-ring (bicyclic) bond motifs is 3. The van der Waals surface area contributed by atoms with Crippen LogP contribution in [0, 0.1) is 16.7 Å². The van der Waals surface area contributed by atoms with E-state index in [1.165, 1.54) is 33.4 Å². The number of esters is 1. The van der Waals surface area contributed by atoms with Crippen molar-refractivity contribution in [3.63, 3.8) is 0 Å². The second kappa shape index (κ2) is 10.2. The van der Waals surface area contributed by atoms with E-state index in [1.54, 1.807) is 16.6 Å². The molecule has 2 fully saturated rings. The lowest BCUT2D eigenvalue weighted by atomic mass is 9.81. The lowest BCUT2D eigenvalue weighted by molar-refractivity contribution is -0.143. The van der Waals surface area contributed by atoms with Gasteiger partial charge in [0.15, 0.2) is 0 Å². The molecule has 11 heteroatoms. The number of ether oxygens (including phenoxy) is 1. The first-order chi connectivity index (χ1) is 19.0. The topological polar surface area (TPSA) is 142 Å². The zero-order chi connectivity index (χ0) is 28.7. The molecule has 2 aliphatic carbocycles. The Kier molecular flexibility index (Phi) is 7.00. The summed E-state index contributed by atoms with van der Waals surface area (Å²) in [6, 6.07) is 9.28. The van der Waals surface area contributed by atoms with Crippen molar-refractivity contribution in [3.05, 3.63) is 47.8 Å². The number of rotatable bonds is 9. The second-order valence-electron chi connectivity index (χ2n) is 11.7. The highest BCUT2D eigenvalue weighted by atomic mass is 19.1. The molecule has 3 aromatic rings. The molecule has 40 heavy (non-hydrogen) atoms. The Balaban J connectivity index is 1.48. The number of carbonyl (C=O) groups excluding carboxylic acids is 2. The number of nitriles is 1. The number of aliphatic hydroxyl groups is 1. The van der Waals surface area contributed by atoms with Gasteiger partial charge >= 0.3 is 5.97 Å². The number of carbonyl (C=O) groups is 2. The molecule has 2 bridgehead atoms. The summed E-state index contributed by atoms with van der Waals surface area (Å²) in [5, 5.41) is 29.7. The Morgan fingerprint density at radius 1 is 1.25 bits per heavy atom. The molecule has 5 rings (SSSR count). The fourth-order valence-corrected chi connectivity index (χ4v) is 6.06. The normalized spacial score (nSPS) is 22.6. The third-order valence-electron chi connectivity index (χ3n) is 8.38. The zero-order valence-corrected chi connectivity index (χ0v) is 22.8. The number of hydrogen-bond acceptors (Lipinski definition) is 8. The van der Waals surface area contributed by atoms with Gasteiger partial charge in [-0.15, -0.1) is 0 Å². The van der Waals surface area contributed by atoms with Crippen molar-refractivity contribution < 1.29 is 23.8 Å². The van der Waals surface area contributed by atoms with Gasteiger partial charge in [0, 0.05) is 11.7 Å². The van der Waals surface area contributed by atoms with Crippen LogP contribution in [0.3, 0.4) is 0 Å². The van der Waals surface area contributed by atoms with E-state index in [0.29, 0.717) is 29.1 Å². The zero-order valence-electron chi connectivity index (χ0n) is 22.8. The van der Waals surface area contributed by atoms with E-state index < -0.39 is 17.7 Å². The van der Waals surface area contributed by atoms with Gasteiger partial charge in [-0.3, -0.25) is 14.6 Å². The van der Waals surface area contributed by atoms with Crippen molar-refractivity contribution in [2.75, 3.05) is 19.0 Å². The van der Waals surface area contributed by atoms with Crippen molar-refractivity contribution in [2.24, 2.45) is 5.41 Å². The quantitative estimate of drug-likeness (QED) is 0.343. The third kappa shape index (κ3) is 5.23. The summed E-state index contributed by atoms with van der Waals surface area (Å²) in [5.74, 6) is -0.734. The minimum absolute atomic E-state index is 0.132. The van der Waals surface area contributed by atoms with Crippen LogP contribution in [-0.4, -0.2) is 62.5 Å². The lowest BCUT2D eigenvalue weighted by Crippen LogP contribution is -2.42. The highest BCUT2D eigenvalue weighted by Gasteiger charge is 2.55. The van der Waals surface area contributed by atoms with Crippen LogP contribution < -0.4 is 10.6 Å². The van der Waals surface area contributed by atoms with Crippen LogP contribution in [0.1, 0.15) is 68.3 Å². The number of anilines is 1. The van der Waals surface area contributed by atoms with Crippen LogP contribution in [0.2, 0.25) is 0 Å². The lowest BCUT2D eigenvalue weighted by Gasteiger charge is -2.30. The van der Waals surface area contributed by atoms with Crippen molar-refractivity contribution in [3.8, 4) is 17.5 Å². The Labute approximate surface area is 231 Å². The molecule has 0 aliphatic heterocycles. The average molecular weight is 549 g/mol. The molecule has 10 nitrogen and oxygen atoms in total. The van der Waals surface area contributed by atoms with Crippen LogP contribution in [0.5, 0.6) is 0 Å². The molecular formula is C29H33FN6O4. The second-order valence-corrected chi connectivity index (χ2v) is 11.7. The molecule has 2 aliphatic rings. The Morgan fingerprint density at radius 3 is 2.67 bits per heavy atom. The molecule has 2 saturated carbocycles. The monoisotopic (exact) mass is 548 g/mol. The third-order valence-corrected chi connectivity index (χ3v) is 8.38. The number of alkyl halides is 1. The summed E-state index contributed by atoms with van der Waals surface area (Å²) in [6.07, 6.45) is 5.82. The number of methoxy groups -OCH3 is 1. The number of hydrogen-bond donors (Lipinski definition) is 3. The van der Waals surface area contributed by atoms with Gasteiger partial charge in [-0.25, -0.2) is 8.91 Å². The van der Waals surface area contributed by atoms with Gasteiger partial charge in [-0.1, -0.05) is 0 Å². The first kappa shape index (κ1) is 27.5. The fourth-order valence-electron chi connectivity index (χ4n) is 6.06. The first-order valence-corrected chi connectivity index (χ1v) is 13.3. The van der Waals surface area contributed by atoms with Gasteiger partial charge in [0.2, 0.25) is 0 Å². The number of nitrogens with zero attached hydrogens (tertiary/aromatic N) is 4. The number of aromatic nitrogens is 3. The van der Waals surface area contributed by atoms with Crippen molar-refractivity contribution >= 4 is 23.1 Å². The SMILES string of the molecule is COC(=O)CC12CCC(Nc3cc(-c4ccc5cc(C#N)cnn45)ncc3C(=O)NC[C@@H](F)C(C)(C)O)(CC1)C2. The molecule has 3 N–H and O–H groups in total. The van der Waals surface area contributed by atoms with Crippen LogP contribution in [-0.2, 0) is 9.53 Å². The highest BCUT2D eigenvalue weighted by molar-refractivity contribution is 6.00. The largest absolute Gasteiger partial charge is 0.469 e. The molecular weight excluding hydrogens is 515 g/mol. The number of pyridine rings is 1. The number of nitrogens with one attached hydrogen (secondary N) is 2. The van der Waals surface area contributed by atoms with E-state index in [1.807, 2.05) is 12.1 Å². The van der Waals surface area contributed by atoms with Crippen LogP contribution in [0.25, 0.3) is 16.9 Å². The van der Waals surface area contributed by atoms with Gasteiger partial charge in [0.25, 0.3) is 5.91 Å². The molecule has 0 saturated heterocycles. The molecule has 3 aromatic heterocycles. The minimum Gasteiger partial charge on any atom is -0.469 e. The van der Waals surface area contributed by atoms with E-state index >= 15 is 0 Å². The smallest absolute Gasteiger partial charge is 0.306 e. The maximum absolute atomic E-state index is 14.4. The van der Waals surface area contributed by atoms with E-state index in [0.717, 1.165) is 37.6 Å². The van der Waals surface area contributed by atoms with Crippen molar-refractivity contribution in [1.82, 2.24) is 19.9 Å². The molecule has 1 atom stereocenters. The summed E-state index contributed by atoms with van der Waals surface area (Å²) < 4.78 is 21.0. The Morgan fingerprint density at radius 2 is 2.00 bits per heavy atom. The van der Waals surface area contributed by atoms with Gasteiger partial charge < -0.3 is 20.5 Å². The summed E-state index contributed by atoms with van der Waals surface area (Å²) in [4.78, 5) is 29.9. The molecule has 210 valence electrons. The predicted octanol–water partition coefficient (Wildman–Crippen LogP) is 3.78. The molecule has 3 heterocycles.